The summed E-state index contributed by atoms with van der Waals surface area (Å²) in [6, 6.07) is 1.86. The van der Waals surface area contributed by atoms with Crippen LogP contribution in [0.3, 0.4) is 0 Å². The van der Waals surface area contributed by atoms with E-state index < -0.39 is 0 Å². The van der Waals surface area contributed by atoms with Crippen LogP contribution in [-0.2, 0) is 6.42 Å². The number of rotatable bonds is 2. The van der Waals surface area contributed by atoms with Gasteiger partial charge in [0.25, 0.3) is 0 Å². The molecule has 0 aliphatic carbocycles. The fraction of sp³-hybridized carbons (Fsp3) is 0.444. The van der Waals surface area contributed by atoms with Crippen LogP contribution in [0, 0.1) is 6.92 Å². The molecule has 0 aromatic carbocycles. The highest BCUT2D eigenvalue weighted by atomic mass is 35.5. The van der Waals surface area contributed by atoms with Crippen molar-refractivity contribution in [2.45, 2.75) is 26.7 Å². The summed E-state index contributed by atoms with van der Waals surface area (Å²) in [5.74, 6) is 0. The molecular formula is C9H11Cl2N. The van der Waals surface area contributed by atoms with Crippen LogP contribution >= 0.6 is 23.2 Å². The zero-order chi connectivity index (χ0) is 9.14. The summed E-state index contributed by atoms with van der Waals surface area (Å²) in [4.78, 5) is 4.20. The molecule has 0 atom stereocenters. The van der Waals surface area contributed by atoms with Crippen molar-refractivity contribution in [3.63, 3.8) is 0 Å². The molecule has 0 radical (unpaired) electrons. The minimum absolute atomic E-state index is 0.408. The molecule has 1 aromatic rings. The van der Waals surface area contributed by atoms with E-state index in [2.05, 4.69) is 11.9 Å². The quantitative estimate of drug-likeness (QED) is 0.670. The van der Waals surface area contributed by atoms with Gasteiger partial charge in [-0.25, -0.2) is 4.98 Å². The number of pyridine rings is 1. The number of aryl methyl sites for hydroxylation is 2. The molecule has 0 aliphatic heterocycles. The second-order valence-corrected chi connectivity index (χ2v) is 3.54. The van der Waals surface area contributed by atoms with E-state index in [1.807, 2.05) is 13.0 Å². The van der Waals surface area contributed by atoms with Crippen LogP contribution in [0.5, 0.6) is 0 Å². The smallest absolute Gasteiger partial charge is 0.147 e. The highest BCUT2D eigenvalue weighted by molar-refractivity contribution is 6.41. The van der Waals surface area contributed by atoms with Crippen molar-refractivity contribution in [1.82, 2.24) is 4.98 Å². The lowest BCUT2D eigenvalue weighted by Crippen LogP contribution is -1.94. The molecule has 3 heteroatoms. The van der Waals surface area contributed by atoms with E-state index in [0.717, 1.165) is 24.1 Å². The van der Waals surface area contributed by atoms with E-state index >= 15 is 0 Å². The highest BCUT2D eigenvalue weighted by Crippen LogP contribution is 2.22. The van der Waals surface area contributed by atoms with Crippen molar-refractivity contribution in [3.8, 4) is 0 Å². The molecule has 0 fully saturated rings. The minimum atomic E-state index is 0.408. The summed E-state index contributed by atoms with van der Waals surface area (Å²) < 4.78 is 0. The lowest BCUT2D eigenvalue weighted by molar-refractivity contribution is 0.871. The summed E-state index contributed by atoms with van der Waals surface area (Å²) in [6.45, 7) is 4.11. The molecule has 1 nitrogen and oxygen atoms in total. The van der Waals surface area contributed by atoms with Crippen LogP contribution in [0.15, 0.2) is 6.07 Å². The van der Waals surface area contributed by atoms with Gasteiger partial charge in [0.15, 0.2) is 0 Å². The van der Waals surface area contributed by atoms with Gasteiger partial charge in [-0.05, 0) is 25.0 Å². The van der Waals surface area contributed by atoms with Gasteiger partial charge in [-0.1, -0.05) is 36.5 Å². The normalized spacial score (nSPS) is 10.3. The minimum Gasteiger partial charge on any atom is -0.239 e. The molecule has 0 amide bonds. The van der Waals surface area contributed by atoms with Gasteiger partial charge in [-0.15, -0.1) is 0 Å². The Hall–Kier alpha value is -0.270. The largest absolute Gasteiger partial charge is 0.239 e. The maximum atomic E-state index is 5.79. The topological polar surface area (TPSA) is 12.9 Å². The van der Waals surface area contributed by atoms with Crippen LogP contribution in [0.1, 0.15) is 24.6 Å². The monoisotopic (exact) mass is 203 g/mol. The zero-order valence-electron chi connectivity index (χ0n) is 7.19. The van der Waals surface area contributed by atoms with Gasteiger partial charge in [0.1, 0.15) is 5.15 Å². The molecule has 1 aromatic heterocycles. The summed E-state index contributed by atoms with van der Waals surface area (Å²) in [7, 11) is 0. The summed E-state index contributed by atoms with van der Waals surface area (Å²) in [5.41, 5.74) is 2.16. The second-order valence-electron chi connectivity index (χ2n) is 2.77. The molecule has 0 saturated carbocycles. The van der Waals surface area contributed by atoms with Crippen molar-refractivity contribution in [1.29, 1.82) is 0 Å². The Morgan fingerprint density at radius 1 is 1.42 bits per heavy atom. The van der Waals surface area contributed by atoms with E-state index in [1.54, 1.807) is 0 Å². The maximum Gasteiger partial charge on any atom is 0.147 e. The van der Waals surface area contributed by atoms with Gasteiger partial charge in [0.2, 0.25) is 0 Å². The number of hydrogen-bond acceptors (Lipinski definition) is 1. The molecule has 12 heavy (non-hydrogen) atoms. The fourth-order valence-electron chi connectivity index (χ4n) is 1.08. The molecule has 0 unspecified atom stereocenters. The van der Waals surface area contributed by atoms with Crippen molar-refractivity contribution in [2.75, 3.05) is 0 Å². The van der Waals surface area contributed by atoms with E-state index in [-0.39, 0.29) is 0 Å². The van der Waals surface area contributed by atoms with Gasteiger partial charge in [0.05, 0.1) is 5.02 Å². The predicted molar refractivity (Wildman–Crippen MR) is 53.0 cm³/mol. The van der Waals surface area contributed by atoms with Crippen LogP contribution in [-0.4, -0.2) is 4.98 Å². The Morgan fingerprint density at radius 2 is 2.08 bits per heavy atom. The van der Waals surface area contributed by atoms with Gasteiger partial charge < -0.3 is 0 Å². The molecular weight excluding hydrogens is 193 g/mol. The van der Waals surface area contributed by atoms with Crippen LogP contribution in [0.4, 0.5) is 0 Å². The average Bonchev–Trinajstić information content (AvgIpc) is 2.01. The highest BCUT2D eigenvalue weighted by Gasteiger charge is 2.04. The molecule has 66 valence electrons. The third-order valence-corrected chi connectivity index (χ3v) is 2.39. The first-order chi connectivity index (χ1) is 5.65. The summed E-state index contributed by atoms with van der Waals surface area (Å²) >= 11 is 11.6. The first kappa shape index (κ1) is 9.82. The van der Waals surface area contributed by atoms with Gasteiger partial charge in [0, 0.05) is 5.69 Å². The van der Waals surface area contributed by atoms with Gasteiger partial charge >= 0.3 is 0 Å². The Morgan fingerprint density at radius 3 is 2.67 bits per heavy atom. The van der Waals surface area contributed by atoms with Crippen LogP contribution in [0.25, 0.3) is 0 Å². The number of nitrogens with zero attached hydrogens (tertiary/aromatic N) is 1. The number of hydrogen-bond donors (Lipinski definition) is 0. The second kappa shape index (κ2) is 4.11. The molecule has 0 bridgehead atoms. The first-order valence-electron chi connectivity index (χ1n) is 3.96. The Balaban J connectivity index is 3.05. The molecule has 1 heterocycles. The first-order valence-corrected chi connectivity index (χ1v) is 4.72. The third kappa shape index (κ3) is 2.11. The lowest BCUT2D eigenvalue weighted by Gasteiger charge is -2.04. The van der Waals surface area contributed by atoms with Crippen molar-refractivity contribution < 1.29 is 0 Å². The number of halogens is 2. The molecule has 0 aliphatic rings. The Bertz CT molecular complexity index is 284. The fourth-order valence-corrected chi connectivity index (χ4v) is 1.45. The molecule has 0 saturated heterocycles. The average molecular weight is 204 g/mol. The lowest BCUT2D eigenvalue weighted by atomic mass is 10.1. The standard InChI is InChI=1S/C9H11Cl2N/c1-3-4-8-6(2)5-7(10)9(11)12-8/h5H,3-4H2,1-2H3. The molecule has 0 spiro atoms. The van der Waals surface area contributed by atoms with Crippen molar-refractivity contribution in [3.05, 3.63) is 27.5 Å². The van der Waals surface area contributed by atoms with E-state index in [0.29, 0.717) is 10.2 Å². The molecule has 1 rings (SSSR count). The van der Waals surface area contributed by atoms with E-state index in [1.165, 1.54) is 0 Å². The predicted octanol–water partition coefficient (Wildman–Crippen LogP) is 3.65. The van der Waals surface area contributed by atoms with Crippen LogP contribution in [0.2, 0.25) is 10.2 Å². The zero-order valence-corrected chi connectivity index (χ0v) is 8.71. The maximum absolute atomic E-state index is 5.79. The third-order valence-electron chi connectivity index (χ3n) is 1.72. The molecule has 0 N–H and O–H groups in total. The van der Waals surface area contributed by atoms with E-state index in [4.69, 9.17) is 23.2 Å². The van der Waals surface area contributed by atoms with Crippen molar-refractivity contribution in [2.24, 2.45) is 0 Å². The van der Waals surface area contributed by atoms with Crippen molar-refractivity contribution >= 4 is 23.2 Å². The van der Waals surface area contributed by atoms with E-state index in [9.17, 15) is 0 Å². The summed E-state index contributed by atoms with van der Waals surface area (Å²) in [5, 5.41) is 0.944. The SMILES string of the molecule is CCCc1nc(Cl)c(Cl)cc1C. The van der Waals surface area contributed by atoms with Gasteiger partial charge in [-0.2, -0.15) is 0 Å². The number of aromatic nitrogens is 1. The van der Waals surface area contributed by atoms with Crippen LogP contribution < -0.4 is 0 Å². The van der Waals surface area contributed by atoms with Gasteiger partial charge in [-0.3, -0.25) is 0 Å². The summed E-state index contributed by atoms with van der Waals surface area (Å²) in [6.07, 6.45) is 2.04. The Kier molecular flexibility index (Phi) is 3.36. The Labute approximate surface area is 82.7 Å².